The Labute approximate surface area is 150 Å². The lowest BCUT2D eigenvalue weighted by atomic mass is 10.1. The summed E-state index contributed by atoms with van der Waals surface area (Å²) in [4.78, 5) is 25.5. The number of fused-ring (bicyclic) bond motifs is 1. The van der Waals surface area contributed by atoms with Crippen molar-refractivity contribution in [3.05, 3.63) is 46.3 Å². The van der Waals surface area contributed by atoms with Gasteiger partial charge >= 0.3 is 0 Å². The Morgan fingerprint density at radius 1 is 1.16 bits per heavy atom. The Bertz CT molecular complexity index is 930. The summed E-state index contributed by atoms with van der Waals surface area (Å²) in [7, 11) is -3.70. The second-order valence-electron chi connectivity index (χ2n) is 5.94. The first-order valence-corrected chi connectivity index (χ1v) is 10.1. The van der Waals surface area contributed by atoms with E-state index in [1.54, 1.807) is 35.2 Å². The third-order valence-electron chi connectivity index (χ3n) is 4.10. The third-order valence-corrected chi connectivity index (χ3v) is 7.19. The van der Waals surface area contributed by atoms with Crippen LogP contribution in [0.25, 0.3) is 0 Å². The van der Waals surface area contributed by atoms with Crippen molar-refractivity contribution in [2.75, 3.05) is 11.3 Å². The van der Waals surface area contributed by atoms with Crippen LogP contribution in [-0.2, 0) is 27.8 Å². The third kappa shape index (κ3) is 3.74. The van der Waals surface area contributed by atoms with Gasteiger partial charge in [0.2, 0.25) is 5.91 Å². The Balaban J connectivity index is 1.81. The maximum atomic E-state index is 12.6. The van der Waals surface area contributed by atoms with Crippen molar-refractivity contribution >= 4 is 38.7 Å². The molecule has 0 unspecified atom stereocenters. The maximum Gasteiger partial charge on any atom is 0.271 e. The number of hydrogen-bond acceptors (Lipinski definition) is 5. The monoisotopic (exact) mass is 378 g/mol. The minimum atomic E-state index is -3.70. The highest BCUT2D eigenvalue weighted by molar-refractivity contribution is 7.94. The zero-order chi connectivity index (χ0) is 18.2. The van der Waals surface area contributed by atoms with Gasteiger partial charge in [-0.2, -0.15) is 0 Å². The molecule has 0 bridgehead atoms. The van der Waals surface area contributed by atoms with E-state index in [4.69, 9.17) is 0 Å². The standard InChI is InChI=1S/C17H18N2O4S2/c1-11(20)13-3-5-15(6-4-13)18-25(22,23)17-9-14-10-19(12(2)21)8-7-16(14)24-17/h3-6,9,18H,7-8,10H2,1-2H3. The number of carbonyl (C=O) groups is 2. The lowest BCUT2D eigenvalue weighted by Gasteiger charge is -2.25. The predicted octanol–water partition coefficient (Wildman–Crippen LogP) is 2.66. The van der Waals surface area contributed by atoms with Gasteiger partial charge in [-0.15, -0.1) is 11.3 Å². The molecular formula is C17H18N2O4S2. The lowest BCUT2D eigenvalue weighted by Crippen LogP contribution is -2.33. The fourth-order valence-corrected chi connectivity index (χ4v) is 5.29. The molecule has 0 spiro atoms. The first-order chi connectivity index (χ1) is 11.8. The van der Waals surface area contributed by atoms with Crippen molar-refractivity contribution in [3.63, 3.8) is 0 Å². The predicted molar refractivity (Wildman–Crippen MR) is 96.4 cm³/mol. The second-order valence-corrected chi connectivity index (χ2v) is 8.99. The molecule has 0 saturated carbocycles. The minimum Gasteiger partial charge on any atom is -0.338 e. The van der Waals surface area contributed by atoms with Crippen LogP contribution in [0.5, 0.6) is 0 Å². The van der Waals surface area contributed by atoms with Crippen molar-refractivity contribution in [1.82, 2.24) is 4.90 Å². The van der Waals surface area contributed by atoms with E-state index >= 15 is 0 Å². The fraction of sp³-hybridized carbons (Fsp3) is 0.294. The molecule has 1 aliphatic rings. The molecule has 1 aromatic heterocycles. The summed E-state index contributed by atoms with van der Waals surface area (Å²) in [5, 5.41) is 0. The van der Waals surface area contributed by atoms with Crippen LogP contribution in [0.15, 0.2) is 34.5 Å². The van der Waals surface area contributed by atoms with Crippen molar-refractivity contribution in [2.24, 2.45) is 0 Å². The van der Waals surface area contributed by atoms with Gasteiger partial charge in [-0.3, -0.25) is 14.3 Å². The molecule has 0 aliphatic carbocycles. The molecule has 25 heavy (non-hydrogen) atoms. The molecule has 0 fully saturated rings. The first kappa shape index (κ1) is 17.6. The van der Waals surface area contributed by atoms with Gasteiger partial charge in [0, 0.05) is 36.1 Å². The lowest BCUT2D eigenvalue weighted by molar-refractivity contribution is -0.129. The first-order valence-electron chi connectivity index (χ1n) is 7.77. The molecule has 3 rings (SSSR count). The van der Waals surface area contributed by atoms with Gasteiger partial charge in [0.1, 0.15) is 4.21 Å². The van der Waals surface area contributed by atoms with Gasteiger partial charge in [0.25, 0.3) is 10.0 Å². The molecule has 0 radical (unpaired) electrons. The normalized spacial score (nSPS) is 14.1. The Morgan fingerprint density at radius 3 is 2.44 bits per heavy atom. The number of hydrogen-bond donors (Lipinski definition) is 1. The molecule has 8 heteroatoms. The number of ketones is 1. The number of Topliss-reactive ketones (excluding diaryl/α,β-unsaturated/α-hetero) is 1. The summed E-state index contributed by atoms with van der Waals surface area (Å²) in [5.74, 6) is -0.0830. The number of anilines is 1. The van der Waals surface area contributed by atoms with Crippen molar-refractivity contribution in [1.29, 1.82) is 0 Å². The average molecular weight is 378 g/mol. The number of nitrogens with zero attached hydrogens (tertiary/aromatic N) is 1. The van der Waals surface area contributed by atoms with E-state index in [0.717, 1.165) is 10.4 Å². The van der Waals surface area contributed by atoms with Gasteiger partial charge < -0.3 is 4.90 Å². The number of amides is 1. The molecule has 2 aromatic rings. The van der Waals surface area contributed by atoms with Crippen molar-refractivity contribution in [2.45, 2.75) is 31.0 Å². The molecular weight excluding hydrogens is 360 g/mol. The van der Waals surface area contributed by atoms with Gasteiger partial charge in [0.05, 0.1) is 0 Å². The second kappa shape index (κ2) is 6.61. The smallest absolute Gasteiger partial charge is 0.271 e. The van der Waals surface area contributed by atoms with Gasteiger partial charge in [-0.25, -0.2) is 8.42 Å². The van der Waals surface area contributed by atoms with Gasteiger partial charge in [0.15, 0.2) is 5.78 Å². The van der Waals surface area contributed by atoms with Crippen LogP contribution in [0.2, 0.25) is 0 Å². The molecule has 2 heterocycles. The van der Waals surface area contributed by atoms with E-state index in [-0.39, 0.29) is 15.9 Å². The highest BCUT2D eigenvalue weighted by Gasteiger charge is 2.25. The SMILES string of the molecule is CC(=O)c1ccc(NS(=O)(=O)c2cc3c(s2)CCN(C(C)=O)C3)cc1. The van der Waals surface area contributed by atoms with Crippen molar-refractivity contribution in [3.8, 4) is 0 Å². The summed E-state index contributed by atoms with van der Waals surface area (Å²) >= 11 is 1.24. The molecule has 0 saturated heterocycles. The zero-order valence-electron chi connectivity index (χ0n) is 13.9. The Kier molecular flexibility index (Phi) is 4.66. The van der Waals surface area contributed by atoms with E-state index in [9.17, 15) is 18.0 Å². The Hall–Kier alpha value is -2.19. The number of carbonyl (C=O) groups excluding carboxylic acids is 2. The maximum absolute atomic E-state index is 12.6. The summed E-state index contributed by atoms with van der Waals surface area (Å²) in [5.41, 5.74) is 1.82. The molecule has 1 amide bonds. The van der Waals surface area contributed by atoms with Crippen LogP contribution < -0.4 is 4.72 Å². The topological polar surface area (TPSA) is 83.6 Å². The molecule has 132 valence electrons. The summed E-state index contributed by atoms with van der Waals surface area (Å²) in [6.45, 7) is 4.03. The molecule has 1 aromatic carbocycles. The van der Waals surface area contributed by atoms with Crippen LogP contribution >= 0.6 is 11.3 Å². The molecule has 1 aliphatic heterocycles. The number of nitrogens with one attached hydrogen (secondary N) is 1. The van der Waals surface area contributed by atoms with Crippen LogP contribution in [0.1, 0.15) is 34.6 Å². The highest BCUT2D eigenvalue weighted by atomic mass is 32.2. The van der Waals surface area contributed by atoms with Crippen LogP contribution in [-0.4, -0.2) is 31.6 Å². The van der Waals surface area contributed by atoms with Gasteiger partial charge in [-0.05, 0) is 49.2 Å². The van der Waals surface area contributed by atoms with Crippen molar-refractivity contribution < 1.29 is 18.0 Å². The fourth-order valence-electron chi connectivity index (χ4n) is 2.69. The summed E-state index contributed by atoms with van der Waals surface area (Å²) in [6.07, 6.45) is 0.669. The van der Waals surface area contributed by atoms with E-state index in [0.29, 0.717) is 30.8 Å². The van der Waals surface area contributed by atoms with Gasteiger partial charge in [-0.1, -0.05) is 0 Å². The highest BCUT2D eigenvalue weighted by Crippen LogP contribution is 2.32. The van der Waals surface area contributed by atoms with Crippen LogP contribution in [0, 0.1) is 0 Å². The van der Waals surface area contributed by atoms with E-state index in [2.05, 4.69) is 4.72 Å². The molecule has 0 atom stereocenters. The Morgan fingerprint density at radius 2 is 1.84 bits per heavy atom. The molecule has 6 nitrogen and oxygen atoms in total. The van der Waals surface area contributed by atoms with E-state index < -0.39 is 10.0 Å². The number of rotatable bonds is 4. The number of thiophene rings is 1. The number of benzene rings is 1. The minimum absolute atomic E-state index is 0.00931. The number of sulfonamides is 1. The summed E-state index contributed by atoms with van der Waals surface area (Å²) < 4.78 is 28.0. The van der Waals surface area contributed by atoms with E-state index in [1.165, 1.54) is 25.2 Å². The zero-order valence-corrected chi connectivity index (χ0v) is 15.5. The average Bonchev–Trinajstić information content (AvgIpc) is 2.99. The molecule has 1 N–H and O–H groups in total. The largest absolute Gasteiger partial charge is 0.338 e. The van der Waals surface area contributed by atoms with E-state index in [1.807, 2.05) is 0 Å². The van der Waals surface area contributed by atoms with Crippen LogP contribution in [0.3, 0.4) is 0 Å². The quantitative estimate of drug-likeness (QED) is 0.829. The summed E-state index contributed by atoms with van der Waals surface area (Å²) in [6, 6.07) is 7.95. The van der Waals surface area contributed by atoms with Crippen LogP contribution in [0.4, 0.5) is 5.69 Å².